The van der Waals surface area contributed by atoms with Crippen LogP contribution < -0.4 is 5.32 Å². The number of carbonyl (C=O) groups excluding carboxylic acids is 2. The summed E-state index contributed by atoms with van der Waals surface area (Å²) >= 11 is 0. The number of rotatable bonds is 1. The van der Waals surface area contributed by atoms with Crippen LogP contribution in [-0.4, -0.2) is 46.0 Å². The Morgan fingerprint density at radius 3 is 2.76 bits per heavy atom. The Labute approximate surface area is 121 Å². The predicted molar refractivity (Wildman–Crippen MR) is 78.7 cm³/mol. The number of nitrogens with one attached hydrogen (secondary N) is 2. The molecule has 3 N–H and O–H groups in total. The van der Waals surface area contributed by atoms with E-state index in [0.29, 0.717) is 31.6 Å². The third-order valence-electron chi connectivity index (χ3n) is 3.76. The van der Waals surface area contributed by atoms with Gasteiger partial charge >= 0.3 is 11.8 Å². The van der Waals surface area contributed by atoms with Crippen LogP contribution in [0.1, 0.15) is 12.8 Å². The van der Waals surface area contributed by atoms with E-state index in [-0.39, 0.29) is 6.10 Å². The molecular formula is C15H17N3O3. The number of nitrogens with zero attached hydrogens (tertiary/aromatic N) is 1. The van der Waals surface area contributed by atoms with Crippen LogP contribution >= 0.6 is 0 Å². The largest absolute Gasteiger partial charge is 0.393 e. The van der Waals surface area contributed by atoms with E-state index in [0.717, 1.165) is 10.9 Å². The summed E-state index contributed by atoms with van der Waals surface area (Å²) in [4.78, 5) is 28.6. The average molecular weight is 287 g/mol. The van der Waals surface area contributed by atoms with Crippen molar-refractivity contribution in [2.24, 2.45) is 0 Å². The Bertz CT molecular complexity index is 672. The van der Waals surface area contributed by atoms with Crippen LogP contribution in [0, 0.1) is 0 Å². The van der Waals surface area contributed by atoms with Crippen molar-refractivity contribution in [2.75, 3.05) is 18.4 Å². The number of aromatic amines is 1. The molecular weight excluding hydrogens is 270 g/mol. The van der Waals surface area contributed by atoms with Crippen molar-refractivity contribution in [3.63, 3.8) is 0 Å². The molecule has 6 heteroatoms. The number of aliphatic hydroxyl groups excluding tert-OH is 1. The van der Waals surface area contributed by atoms with Crippen molar-refractivity contribution in [1.82, 2.24) is 9.88 Å². The molecule has 1 saturated heterocycles. The molecule has 2 amide bonds. The highest BCUT2D eigenvalue weighted by Gasteiger charge is 2.26. The quantitative estimate of drug-likeness (QED) is 0.686. The van der Waals surface area contributed by atoms with E-state index < -0.39 is 11.8 Å². The van der Waals surface area contributed by atoms with E-state index >= 15 is 0 Å². The Balaban J connectivity index is 1.66. The molecule has 0 aliphatic carbocycles. The smallest absolute Gasteiger partial charge is 0.313 e. The standard InChI is InChI=1S/C15H17N3O3/c19-12-4-7-18(8-5-12)15(21)14(20)17-11-1-2-13-10(9-11)3-6-16-13/h1-3,6,9,12,16,19H,4-5,7-8H2,(H,17,20). The predicted octanol–water partition coefficient (Wildman–Crippen LogP) is 1.09. The van der Waals surface area contributed by atoms with Gasteiger partial charge in [0.15, 0.2) is 0 Å². The number of hydrogen-bond donors (Lipinski definition) is 3. The molecule has 0 bridgehead atoms. The van der Waals surface area contributed by atoms with Gasteiger partial charge in [-0.1, -0.05) is 0 Å². The number of piperidine rings is 1. The van der Waals surface area contributed by atoms with Crippen molar-refractivity contribution < 1.29 is 14.7 Å². The van der Waals surface area contributed by atoms with Gasteiger partial charge in [0, 0.05) is 35.9 Å². The molecule has 21 heavy (non-hydrogen) atoms. The summed E-state index contributed by atoms with van der Waals surface area (Å²) in [6, 6.07) is 7.33. The van der Waals surface area contributed by atoms with Gasteiger partial charge < -0.3 is 20.3 Å². The third-order valence-corrected chi connectivity index (χ3v) is 3.76. The lowest BCUT2D eigenvalue weighted by molar-refractivity contribution is -0.144. The number of aromatic nitrogens is 1. The molecule has 6 nitrogen and oxygen atoms in total. The topological polar surface area (TPSA) is 85.4 Å². The van der Waals surface area contributed by atoms with Crippen molar-refractivity contribution in [2.45, 2.75) is 18.9 Å². The zero-order valence-corrected chi connectivity index (χ0v) is 11.5. The van der Waals surface area contributed by atoms with Crippen molar-refractivity contribution in [1.29, 1.82) is 0 Å². The van der Waals surface area contributed by atoms with Crippen LogP contribution in [0.15, 0.2) is 30.5 Å². The SMILES string of the molecule is O=C(Nc1ccc2[nH]ccc2c1)C(=O)N1CCC(O)CC1. The van der Waals surface area contributed by atoms with Crippen LogP contribution in [0.3, 0.4) is 0 Å². The lowest BCUT2D eigenvalue weighted by Gasteiger charge is -2.28. The molecule has 0 saturated carbocycles. The monoisotopic (exact) mass is 287 g/mol. The van der Waals surface area contributed by atoms with Gasteiger partial charge in [-0.2, -0.15) is 0 Å². The summed E-state index contributed by atoms with van der Waals surface area (Å²) < 4.78 is 0. The first-order valence-electron chi connectivity index (χ1n) is 6.99. The van der Waals surface area contributed by atoms with Gasteiger partial charge in [-0.3, -0.25) is 9.59 Å². The van der Waals surface area contributed by atoms with Crippen LogP contribution in [-0.2, 0) is 9.59 Å². The van der Waals surface area contributed by atoms with Gasteiger partial charge in [0.2, 0.25) is 0 Å². The summed E-state index contributed by atoms with van der Waals surface area (Å²) in [5, 5.41) is 13.0. The van der Waals surface area contributed by atoms with Crippen LogP contribution in [0.4, 0.5) is 5.69 Å². The number of H-pyrrole nitrogens is 1. The Kier molecular flexibility index (Phi) is 3.62. The molecule has 2 heterocycles. The molecule has 1 fully saturated rings. The van der Waals surface area contributed by atoms with Gasteiger partial charge in [-0.25, -0.2) is 0 Å². The molecule has 110 valence electrons. The van der Waals surface area contributed by atoms with Gasteiger partial charge in [0.05, 0.1) is 6.10 Å². The summed E-state index contributed by atoms with van der Waals surface area (Å²) in [5.41, 5.74) is 1.57. The molecule has 3 rings (SSSR count). The number of likely N-dealkylation sites (tertiary alicyclic amines) is 1. The first-order chi connectivity index (χ1) is 10.1. The number of aliphatic hydroxyl groups is 1. The Morgan fingerprint density at radius 1 is 1.24 bits per heavy atom. The highest BCUT2D eigenvalue weighted by molar-refractivity contribution is 6.39. The maximum atomic E-state index is 12.0. The summed E-state index contributed by atoms with van der Waals surface area (Å²) in [7, 11) is 0. The number of benzene rings is 1. The van der Waals surface area contributed by atoms with E-state index in [1.807, 2.05) is 24.4 Å². The van der Waals surface area contributed by atoms with Crippen molar-refractivity contribution >= 4 is 28.4 Å². The Morgan fingerprint density at radius 2 is 2.00 bits per heavy atom. The van der Waals surface area contributed by atoms with E-state index in [1.165, 1.54) is 4.90 Å². The number of fused-ring (bicyclic) bond motifs is 1. The summed E-state index contributed by atoms with van der Waals surface area (Å²) in [6.07, 6.45) is 2.50. The Hall–Kier alpha value is -2.34. The molecule has 0 radical (unpaired) electrons. The van der Waals surface area contributed by atoms with Crippen LogP contribution in [0.2, 0.25) is 0 Å². The highest BCUT2D eigenvalue weighted by Crippen LogP contribution is 2.18. The molecule has 0 unspecified atom stereocenters. The molecule has 1 aromatic heterocycles. The first-order valence-corrected chi connectivity index (χ1v) is 6.99. The number of amides is 2. The molecule has 2 aromatic rings. The summed E-state index contributed by atoms with van der Waals surface area (Å²) in [5.74, 6) is -1.18. The molecule has 0 spiro atoms. The second kappa shape index (κ2) is 5.57. The zero-order chi connectivity index (χ0) is 14.8. The fourth-order valence-corrected chi connectivity index (χ4v) is 2.53. The minimum absolute atomic E-state index is 0.367. The number of anilines is 1. The van der Waals surface area contributed by atoms with E-state index in [9.17, 15) is 14.7 Å². The lowest BCUT2D eigenvalue weighted by Crippen LogP contribution is -2.45. The molecule has 1 aliphatic heterocycles. The van der Waals surface area contributed by atoms with Gasteiger partial charge in [0.25, 0.3) is 0 Å². The summed E-state index contributed by atoms with van der Waals surface area (Å²) in [6.45, 7) is 0.842. The molecule has 1 aliphatic rings. The molecule has 0 atom stereocenters. The van der Waals surface area contributed by atoms with E-state index in [4.69, 9.17) is 0 Å². The average Bonchev–Trinajstić information content (AvgIpc) is 2.95. The second-order valence-electron chi connectivity index (χ2n) is 5.26. The second-order valence-corrected chi connectivity index (χ2v) is 5.26. The normalized spacial score (nSPS) is 16.1. The first kappa shape index (κ1) is 13.6. The number of hydrogen-bond acceptors (Lipinski definition) is 3. The fraction of sp³-hybridized carbons (Fsp3) is 0.333. The van der Waals surface area contributed by atoms with Crippen LogP contribution in [0.5, 0.6) is 0 Å². The van der Waals surface area contributed by atoms with Crippen molar-refractivity contribution in [3.05, 3.63) is 30.5 Å². The van der Waals surface area contributed by atoms with Gasteiger partial charge in [-0.05, 0) is 37.1 Å². The van der Waals surface area contributed by atoms with E-state index in [1.54, 1.807) is 6.07 Å². The van der Waals surface area contributed by atoms with Gasteiger partial charge in [-0.15, -0.1) is 0 Å². The maximum absolute atomic E-state index is 12.0. The minimum Gasteiger partial charge on any atom is -0.393 e. The minimum atomic E-state index is -0.638. The highest BCUT2D eigenvalue weighted by atomic mass is 16.3. The van der Waals surface area contributed by atoms with Gasteiger partial charge in [0.1, 0.15) is 0 Å². The third kappa shape index (κ3) is 2.90. The van der Waals surface area contributed by atoms with Crippen molar-refractivity contribution in [3.8, 4) is 0 Å². The molecule has 1 aromatic carbocycles. The zero-order valence-electron chi connectivity index (χ0n) is 11.5. The number of carbonyl (C=O) groups is 2. The maximum Gasteiger partial charge on any atom is 0.313 e. The lowest BCUT2D eigenvalue weighted by atomic mass is 10.1. The fourth-order valence-electron chi connectivity index (χ4n) is 2.53. The van der Waals surface area contributed by atoms with Crippen LogP contribution in [0.25, 0.3) is 10.9 Å². The van der Waals surface area contributed by atoms with E-state index in [2.05, 4.69) is 10.3 Å².